The molecular formula is C13H7Cl2FN4O3S. The van der Waals surface area contributed by atoms with Crippen LogP contribution in [0.5, 0.6) is 0 Å². The van der Waals surface area contributed by atoms with Crippen molar-refractivity contribution >= 4 is 51.7 Å². The van der Waals surface area contributed by atoms with Crippen LogP contribution in [0.3, 0.4) is 0 Å². The third kappa shape index (κ3) is 2.85. The van der Waals surface area contributed by atoms with Gasteiger partial charge in [-0.1, -0.05) is 11.6 Å². The first kappa shape index (κ1) is 16.7. The van der Waals surface area contributed by atoms with E-state index in [1.165, 1.54) is 10.8 Å². The number of hydrogen-bond acceptors (Lipinski definition) is 7. The van der Waals surface area contributed by atoms with Gasteiger partial charge in [0.15, 0.2) is 16.6 Å². The van der Waals surface area contributed by atoms with Gasteiger partial charge in [0.05, 0.1) is 12.0 Å². The fourth-order valence-corrected chi connectivity index (χ4v) is 2.92. The van der Waals surface area contributed by atoms with E-state index in [1.807, 2.05) is 0 Å². The normalized spacial score (nSPS) is 11.0. The molecule has 0 saturated heterocycles. The zero-order valence-electron chi connectivity index (χ0n) is 11.9. The van der Waals surface area contributed by atoms with Gasteiger partial charge >= 0.3 is 5.97 Å². The molecule has 11 heteroatoms. The van der Waals surface area contributed by atoms with Crippen LogP contribution in [0.15, 0.2) is 17.1 Å². The number of nitrogens with zero attached hydrogens (tertiary/aromatic N) is 4. The lowest BCUT2D eigenvalue weighted by Gasteiger charge is -2.10. The smallest absolute Gasteiger partial charge is 0.343 e. The number of halogens is 3. The topological polar surface area (TPSA) is 87.0 Å². The second kappa shape index (κ2) is 6.42. The van der Waals surface area contributed by atoms with Crippen LogP contribution in [-0.4, -0.2) is 31.5 Å². The largest absolute Gasteiger partial charge is 0.462 e. The summed E-state index contributed by atoms with van der Waals surface area (Å²) in [5.41, 5.74) is -0.996. The third-order valence-corrected chi connectivity index (χ3v) is 4.23. The molecule has 0 atom stereocenters. The van der Waals surface area contributed by atoms with Gasteiger partial charge in [-0.3, -0.25) is 9.36 Å². The molecule has 0 fully saturated rings. The summed E-state index contributed by atoms with van der Waals surface area (Å²) in [5.74, 6) is -1.73. The minimum atomic E-state index is -0.885. The SMILES string of the molecule is CCOC(=O)c1cn(-c2nc(Cl)ns2)c2nc(Cl)c(F)cc2c1=O. The van der Waals surface area contributed by atoms with Crippen LogP contribution in [0.4, 0.5) is 4.39 Å². The summed E-state index contributed by atoms with van der Waals surface area (Å²) >= 11 is 12.3. The first-order chi connectivity index (χ1) is 11.4. The van der Waals surface area contributed by atoms with Crippen molar-refractivity contribution in [2.45, 2.75) is 6.92 Å². The molecule has 3 aromatic rings. The second-order valence-corrected chi connectivity index (χ2v) is 5.87. The lowest BCUT2D eigenvalue weighted by molar-refractivity contribution is 0.0524. The molecule has 3 heterocycles. The molecule has 0 saturated carbocycles. The molecule has 0 aliphatic carbocycles. The van der Waals surface area contributed by atoms with Crippen molar-refractivity contribution in [3.8, 4) is 5.13 Å². The number of aromatic nitrogens is 4. The summed E-state index contributed by atoms with van der Waals surface area (Å²) in [6.45, 7) is 1.68. The van der Waals surface area contributed by atoms with E-state index in [2.05, 4.69) is 14.3 Å². The third-order valence-electron chi connectivity index (χ3n) is 2.98. The molecule has 24 heavy (non-hydrogen) atoms. The Kier molecular flexibility index (Phi) is 4.48. The molecule has 0 aliphatic heterocycles. The van der Waals surface area contributed by atoms with Crippen LogP contribution in [0.25, 0.3) is 16.2 Å². The molecule has 0 N–H and O–H groups in total. The van der Waals surface area contributed by atoms with E-state index in [1.54, 1.807) is 6.92 Å². The Morgan fingerprint density at radius 1 is 1.42 bits per heavy atom. The number of ether oxygens (including phenoxy) is 1. The highest BCUT2D eigenvalue weighted by atomic mass is 35.5. The molecule has 3 aromatic heterocycles. The Morgan fingerprint density at radius 3 is 2.79 bits per heavy atom. The highest BCUT2D eigenvalue weighted by Gasteiger charge is 2.21. The average molecular weight is 389 g/mol. The summed E-state index contributed by atoms with van der Waals surface area (Å²) in [7, 11) is 0. The molecular weight excluding hydrogens is 382 g/mol. The minimum Gasteiger partial charge on any atom is -0.462 e. The number of carbonyl (C=O) groups excluding carboxylic acids is 1. The zero-order chi connectivity index (χ0) is 17.4. The van der Waals surface area contributed by atoms with Crippen molar-refractivity contribution in [1.82, 2.24) is 18.9 Å². The predicted octanol–water partition coefficient (Wildman–Crippen LogP) is 2.86. The maximum absolute atomic E-state index is 13.7. The standard InChI is InChI=1S/C13H7Cl2FN4O3S/c1-2-23-11(22)6-4-20(13-18-12(15)19-24-13)10-5(8(6)21)3-7(16)9(14)17-10/h3-4H,2H2,1H3. The van der Waals surface area contributed by atoms with Gasteiger partial charge in [-0.15, -0.1) is 0 Å². The fraction of sp³-hybridized carbons (Fsp3) is 0.154. The van der Waals surface area contributed by atoms with E-state index in [9.17, 15) is 14.0 Å². The van der Waals surface area contributed by atoms with Gasteiger partial charge in [-0.25, -0.2) is 14.2 Å². The van der Waals surface area contributed by atoms with E-state index in [-0.39, 0.29) is 33.6 Å². The van der Waals surface area contributed by atoms with Crippen LogP contribution in [0, 0.1) is 5.82 Å². The molecule has 7 nitrogen and oxygen atoms in total. The number of hydrogen-bond donors (Lipinski definition) is 0. The van der Waals surface area contributed by atoms with Crippen molar-refractivity contribution in [2.75, 3.05) is 6.61 Å². The lowest BCUT2D eigenvalue weighted by Crippen LogP contribution is -2.21. The second-order valence-electron chi connectivity index (χ2n) is 4.44. The summed E-state index contributed by atoms with van der Waals surface area (Å²) in [6, 6.07) is 0.912. The number of pyridine rings is 2. The van der Waals surface area contributed by atoms with Crippen LogP contribution in [0.2, 0.25) is 10.4 Å². The van der Waals surface area contributed by atoms with E-state index in [0.717, 1.165) is 17.6 Å². The van der Waals surface area contributed by atoms with Crippen molar-refractivity contribution in [3.05, 3.63) is 44.3 Å². The van der Waals surface area contributed by atoms with Gasteiger partial charge < -0.3 is 4.74 Å². The quantitative estimate of drug-likeness (QED) is 0.506. The number of esters is 1. The van der Waals surface area contributed by atoms with E-state index >= 15 is 0 Å². The van der Waals surface area contributed by atoms with Gasteiger partial charge in [-0.2, -0.15) is 9.36 Å². The molecule has 124 valence electrons. The first-order valence-corrected chi connectivity index (χ1v) is 8.03. The number of rotatable bonds is 3. The monoisotopic (exact) mass is 388 g/mol. The van der Waals surface area contributed by atoms with Crippen LogP contribution >= 0.6 is 34.7 Å². The predicted molar refractivity (Wildman–Crippen MR) is 86.7 cm³/mol. The van der Waals surface area contributed by atoms with E-state index < -0.39 is 22.4 Å². The van der Waals surface area contributed by atoms with E-state index in [4.69, 9.17) is 27.9 Å². The van der Waals surface area contributed by atoms with Crippen molar-refractivity contribution in [3.63, 3.8) is 0 Å². The first-order valence-electron chi connectivity index (χ1n) is 6.50. The van der Waals surface area contributed by atoms with Crippen molar-refractivity contribution in [1.29, 1.82) is 0 Å². The molecule has 0 spiro atoms. The molecule has 3 rings (SSSR count). The summed E-state index contributed by atoms with van der Waals surface area (Å²) in [6.07, 6.45) is 1.20. The minimum absolute atomic E-state index is 0.0206. The summed E-state index contributed by atoms with van der Waals surface area (Å²) < 4.78 is 23.7. The zero-order valence-corrected chi connectivity index (χ0v) is 14.2. The number of fused-ring (bicyclic) bond motifs is 1. The Labute approximate surface area is 147 Å². The Bertz CT molecular complexity index is 1020. The van der Waals surface area contributed by atoms with Gasteiger partial charge in [0.25, 0.3) is 0 Å². The highest BCUT2D eigenvalue weighted by Crippen LogP contribution is 2.22. The maximum atomic E-state index is 13.7. The Balaban J connectivity index is 2.40. The fourth-order valence-electron chi connectivity index (χ4n) is 2.00. The number of carbonyl (C=O) groups is 1. The molecule has 0 amide bonds. The molecule has 0 aliphatic rings. The average Bonchev–Trinajstić information content (AvgIpc) is 2.96. The van der Waals surface area contributed by atoms with E-state index in [0.29, 0.717) is 0 Å². The summed E-state index contributed by atoms with van der Waals surface area (Å²) in [4.78, 5) is 32.3. The Hall–Kier alpha value is -2.10. The highest BCUT2D eigenvalue weighted by molar-refractivity contribution is 7.08. The Morgan fingerprint density at radius 2 is 2.17 bits per heavy atom. The van der Waals surface area contributed by atoms with Gasteiger partial charge in [0.1, 0.15) is 5.56 Å². The van der Waals surface area contributed by atoms with Crippen LogP contribution in [0.1, 0.15) is 17.3 Å². The van der Waals surface area contributed by atoms with Crippen molar-refractivity contribution < 1.29 is 13.9 Å². The van der Waals surface area contributed by atoms with Crippen LogP contribution < -0.4 is 5.43 Å². The van der Waals surface area contributed by atoms with Crippen LogP contribution in [-0.2, 0) is 4.74 Å². The van der Waals surface area contributed by atoms with Gasteiger partial charge in [0, 0.05) is 17.7 Å². The lowest BCUT2D eigenvalue weighted by atomic mass is 10.2. The van der Waals surface area contributed by atoms with Gasteiger partial charge in [0.2, 0.25) is 15.8 Å². The van der Waals surface area contributed by atoms with Gasteiger partial charge in [-0.05, 0) is 24.6 Å². The molecule has 0 unspecified atom stereocenters. The summed E-state index contributed by atoms with van der Waals surface area (Å²) in [5, 5.41) is -0.359. The maximum Gasteiger partial charge on any atom is 0.343 e. The van der Waals surface area contributed by atoms with Crippen molar-refractivity contribution in [2.24, 2.45) is 0 Å². The molecule has 0 bridgehead atoms. The molecule has 0 radical (unpaired) electrons. The molecule has 0 aromatic carbocycles.